The second-order valence-corrected chi connectivity index (χ2v) is 9.42. The number of hydrogen-bond donors (Lipinski definition) is 2. The average Bonchev–Trinajstić information content (AvgIpc) is 3.31. The maximum absolute atomic E-state index is 13.1. The highest BCUT2D eigenvalue weighted by molar-refractivity contribution is 6.31. The van der Waals surface area contributed by atoms with Gasteiger partial charge in [-0.15, -0.1) is 0 Å². The third-order valence-electron chi connectivity index (χ3n) is 6.53. The Kier molecular flexibility index (Phi) is 7.86. The Morgan fingerprint density at radius 2 is 1.83 bits per heavy atom. The van der Waals surface area contributed by atoms with Gasteiger partial charge in [-0.2, -0.15) is 0 Å². The molecule has 1 aromatic heterocycles. The lowest BCUT2D eigenvalue weighted by molar-refractivity contribution is -0.121. The number of H-pyrrole nitrogens is 1. The first-order chi connectivity index (χ1) is 17.7. The monoisotopic (exact) mass is 503 g/mol. The molecule has 2 N–H and O–H groups in total. The Morgan fingerprint density at radius 1 is 1.03 bits per heavy atom. The number of aromatic nitrogens is 1. The van der Waals surface area contributed by atoms with Crippen molar-refractivity contribution in [2.75, 3.05) is 39.4 Å². The van der Waals surface area contributed by atoms with Gasteiger partial charge in [-0.05, 0) is 53.6 Å². The van der Waals surface area contributed by atoms with Crippen molar-refractivity contribution in [1.82, 2.24) is 15.2 Å². The van der Waals surface area contributed by atoms with E-state index in [4.69, 9.17) is 21.1 Å². The van der Waals surface area contributed by atoms with Gasteiger partial charge in [0.1, 0.15) is 11.5 Å². The minimum absolute atomic E-state index is 0.0130. The maximum atomic E-state index is 13.1. The number of benzene rings is 3. The summed E-state index contributed by atoms with van der Waals surface area (Å²) in [5, 5.41) is 4.80. The van der Waals surface area contributed by atoms with Crippen LogP contribution >= 0.6 is 11.6 Å². The fraction of sp³-hybridized carbons (Fsp3) is 0.276. The normalized spacial score (nSPS) is 15.0. The van der Waals surface area contributed by atoms with Gasteiger partial charge >= 0.3 is 0 Å². The van der Waals surface area contributed by atoms with Gasteiger partial charge in [0, 0.05) is 60.6 Å². The van der Waals surface area contributed by atoms with E-state index in [1.807, 2.05) is 79.0 Å². The molecule has 7 heteroatoms. The number of morpholine rings is 1. The minimum atomic E-state index is -0.167. The van der Waals surface area contributed by atoms with Gasteiger partial charge < -0.3 is 19.8 Å². The van der Waals surface area contributed by atoms with Crippen molar-refractivity contribution >= 4 is 28.4 Å². The smallest absolute Gasteiger partial charge is 0.220 e. The van der Waals surface area contributed by atoms with Crippen molar-refractivity contribution < 1.29 is 14.3 Å². The molecule has 0 saturated carbocycles. The Balaban J connectivity index is 1.38. The van der Waals surface area contributed by atoms with Crippen LogP contribution in [0.15, 0.2) is 79.0 Å². The highest BCUT2D eigenvalue weighted by Crippen LogP contribution is 2.36. The van der Waals surface area contributed by atoms with E-state index in [0.29, 0.717) is 18.0 Å². The second-order valence-electron chi connectivity index (χ2n) is 8.98. The molecular weight excluding hydrogens is 474 g/mol. The largest absolute Gasteiger partial charge is 0.457 e. The molecule has 1 amide bonds. The molecule has 0 radical (unpaired) electrons. The van der Waals surface area contributed by atoms with E-state index in [1.54, 1.807) is 0 Å². The quantitative estimate of drug-likeness (QED) is 0.313. The van der Waals surface area contributed by atoms with Crippen LogP contribution in [-0.4, -0.2) is 55.2 Å². The van der Waals surface area contributed by atoms with Gasteiger partial charge in [0.15, 0.2) is 0 Å². The van der Waals surface area contributed by atoms with Crippen LogP contribution in [0, 0.1) is 0 Å². The zero-order valence-electron chi connectivity index (χ0n) is 20.1. The molecule has 1 saturated heterocycles. The number of amides is 1. The first kappa shape index (κ1) is 24.4. The first-order valence-electron chi connectivity index (χ1n) is 12.3. The molecule has 1 aliphatic rings. The molecular formula is C29H30ClN3O3. The Morgan fingerprint density at radius 3 is 2.67 bits per heavy atom. The summed E-state index contributed by atoms with van der Waals surface area (Å²) >= 11 is 6.34. The Bertz CT molecular complexity index is 1300. The molecule has 36 heavy (non-hydrogen) atoms. The predicted molar refractivity (Wildman–Crippen MR) is 143 cm³/mol. The lowest BCUT2D eigenvalue weighted by atomic mass is 9.88. The van der Waals surface area contributed by atoms with Crippen LogP contribution in [0.1, 0.15) is 23.5 Å². The van der Waals surface area contributed by atoms with Crippen molar-refractivity contribution in [1.29, 1.82) is 0 Å². The summed E-state index contributed by atoms with van der Waals surface area (Å²) in [5.41, 5.74) is 3.03. The molecule has 0 aliphatic carbocycles. The zero-order chi connectivity index (χ0) is 24.7. The van der Waals surface area contributed by atoms with Crippen LogP contribution in [0.25, 0.3) is 10.9 Å². The molecule has 1 aliphatic heterocycles. The summed E-state index contributed by atoms with van der Waals surface area (Å²) in [7, 11) is 0. The van der Waals surface area contributed by atoms with Gasteiger partial charge in [0.2, 0.25) is 5.91 Å². The third kappa shape index (κ3) is 6.08. The number of ether oxygens (including phenoxy) is 2. The fourth-order valence-corrected chi connectivity index (χ4v) is 4.84. The average molecular weight is 504 g/mol. The molecule has 186 valence electrons. The van der Waals surface area contributed by atoms with Gasteiger partial charge in [-0.25, -0.2) is 0 Å². The third-order valence-corrected chi connectivity index (χ3v) is 6.77. The summed E-state index contributed by atoms with van der Waals surface area (Å²) in [4.78, 5) is 18.8. The van der Waals surface area contributed by atoms with Crippen LogP contribution in [0.3, 0.4) is 0 Å². The zero-order valence-corrected chi connectivity index (χ0v) is 20.8. The predicted octanol–water partition coefficient (Wildman–Crippen LogP) is 5.58. The van der Waals surface area contributed by atoms with Gasteiger partial charge in [0.25, 0.3) is 0 Å². The molecule has 3 aromatic carbocycles. The summed E-state index contributed by atoms with van der Waals surface area (Å²) in [6.07, 6.45) is 2.30. The number of rotatable bonds is 9. The molecule has 0 bridgehead atoms. The van der Waals surface area contributed by atoms with E-state index in [9.17, 15) is 4.79 Å². The van der Waals surface area contributed by atoms with Crippen LogP contribution in [0.5, 0.6) is 11.5 Å². The van der Waals surface area contributed by atoms with E-state index in [-0.39, 0.29) is 11.8 Å². The summed E-state index contributed by atoms with van der Waals surface area (Å²) in [6.45, 7) is 4.75. The number of hydrogen-bond acceptors (Lipinski definition) is 4. The Hall–Kier alpha value is -3.32. The topological polar surface area (TPSA) is 66.6 Å². The SMILES string of the molecule is O=C(CC(c1cccc(Oc2ccccc2)c1)c1c[nH]c2ccc(Cl)cc12)NCCN1CCOCC1. The summed E-state index contributed by atoms with van der Waals surface area (Å²) in [6, 6.07) is 23.5. The van der Waals surface area contributed by atoms with Crippen molar-refractivity contribution in [3.63, 3.8) is 0 Å². The van der Waals surface area contributed by atoms with E-state index in [1.165, 1.54) is 0 Å². The number of carbonyl (C=O) groups excluding carboxylic acids is 1. The Labute approximate surface area is 216 Å². The summed E-state index contributed by atoms with van der Waals surface area (Å²) in [5.74, 6) is 1.35. The molecule has 1 atom stereocenters. The van der Waals surface area contributed by atoms with Crippen molar-refractivity contribution in [2.24, 2.45) is 0 Å². The van der Waals surface area contributed by atoms with Crippen molar-refractivity contribution in [2.45, 2.75) is 12.3 Å². The van der Waals surface area contributed by atoms with Gasteiger partial charge in [-0.1, -0.05) is 41.9 Å². The van der Waals surface area contributed by atoms with Gasteiger partial charge in [0.05, 0.1) is 13.2 Å². The molecule has 0 spiro atoms. The molecule has 4 aromatic rings. The highest BCUT2D eigenvalue weighted by Gasteiger charge is 2.22. The fourth-order valence-electron chi connectivity index (χ4n) is 4.67. The molecule has 5 rings (SSSR count). The maximum Gasteiger partial charge on any atom is 0.220 e. The van der Waals surface area contributed by atoms with E-state index in [0.717, 1.165) is 66.4 Å². The van der Waals surface area contributed by atoms with Crippen LogP contribution in [-0.2, 0) is 9.53 Å². The number of halogens is 1. The number of carbonyl (C=O) groups is 1. The van der Waals surface area contributed by atoms with Crippen LogP contribution in [0.4, 0.5) is 0 Å². The molecule has 6 nitrogen and oxygen atoms in total. The number of fused-ring (bicyclic) bond motifs is 1. The highest BCUT2D eigenvalue weighted by atomic mass is 35.5. The van der Waals surface area contributed by atoms with Crippen LogP contribution < -0.4 is 10.1 Å². The van der Waals surface area contributed by atoms with Crippen molar-refractivity contribution in [3.8, 4) is 11.5 Å². The lowest BCUT2D eigenvalue weighted by Crippen LogP contribution is -2.41. The number of aromatic amines is 1. The van der Waals surface area contributed by atoms with Gasteiger partial charge in [-0.3, -0.25) is 9.69 Å². The lowest BCUT2D eigenvalue weighted by Gasteiger charge is -2.26. The molecule has 2 heterocycles. The number of nitrogens with one attached hydrogen (secondary N) is 2. The summed E-state index contributed by atoms with van der Waals surface area (Å²) < 4.78 is 11.5. The molecule has 1 fully saturated rings. The second kappa shape index (κ2) is 11.6. The number of nitrogens with zero attached hydrogens (tertiary/aromatic N) is 1. The van der Waals surface area contributed by atoms with Crippen LogP contribution in [0.2, 0.25) is 5.02 Å². The minimum Gasteiger partial charge on any atom is -0.457 e. The van der Waals surface area contributed by atoms with E-state index >= 15 is 0 Å². The number of para-hydroxylation sites is 1. The standard InChI is InChI=1S/C29H30ClN3O3/c30-22-9-10-28-26(18-22)27(20-32-28)25(19-29(34)31-11-12-33-13-15-35-16-14-33)21-5-4-8-24(17-21)36-23-6-2-1-3-7-23/h1-10,17-18,20,25,32H,11-16,19H2,(H,31,34). The molecule has 1 unspecified atom stereocenters. The van der Waals surface area contributed by atoms with E-state index in [2.05, 4.69) is 15.2 Å². The van der Waals surface area contributed by atoms with E-state index < -0.39 is 0 Å². The van der Waals surface area contributed by atoms with Crippen molar-refractivity contribution in [3.05, 3.63) is 95.1 Å². The first-order valence-corrected chi connectivity index (χ1v) is 12.7.